The Morgan fingerprint density at radius 1 is 1.10 bits per heavy atom. The zero-order valence-corrected chi connectivity index (χ0v) is 17.4. The van der Waals surface area contributed by atoms with E-state index in [4.69, 9.17) is 9.47 Å². The van der Waals surface area contributed by atoms with E-state index >= 15 is 0 Å². The molecule has 1 heterocycles. The Morgan fingerprint density at radius 3 is 2.66 bits per heavy atom. The summed E-state index contributed by atoms with van der Waals surface area (Å²) in [6.45, 7) is 4.83. The largest absolute Gasteiger partial charge is 0.493 e. The van der Waals surface area contributed by atoms with Gasteiger partial charge in [-0.15, -0.1) is 0 Å². The molecule has 3 aromatic rings. The highest BCUT2D eigenvalue weighted by molar-refractivity contribution is 7.16. The van der Waals surface area contributed by atoms with E-state index in [-0.39, 0.29) is 31.3 Å². The molecule has 0 bridgehead atoms. The van der Waals surface area contributed by atoms with Crippen molar-refractivity contribution in [3.05, 3.63) is 58.9 Å². The lowest BCUT2D eigenvalue weighted by molar-refractivity contribution is -0.143. The molecule has 7 heteroatoms. The van der Waals surface area contributed by atoms with Gasteiger partial charge < -0.3 is 14.0 Å². The van der Waals surface area contributed by atoms with E-state index in [1.54, 1.807) is 6.92 Å². The van der Waals surface area contributed by atoms with E-state index in [0.29, 0.717) is 18.0 Å². The van der Waals surface area contributed by atoms with E-state index in [1.807, 2.05) is 54.0 Å². The quantitative estimate of drug-likeness (QED) is 0.527. The summed E-state index contributed by atoms with van der Waals surface area (Å²) in [5.74, 6) is 0.205. The minimum absolute atomic E-state index is 0.181. The minimum Gasteiger partial charge on any atom is -0.493 e. The second-order valence-electron chi connectivity index (χ2n) is 6.48. The molecule has 0 aliphatic carbocycles. The van der Waals surface area contributed by atoms with Gasteiger partial charge >= 0.3 is 5.97 Å². The second kappa shape index (κ2) is 10.0. The van der Waals surface area contributed by atoms with Gasteiger partial charge in [0.2, 0.25) is 0 Å². The van der Waals surface area contributed by atoms with Gasteiger partial charge in [-0.2, -0.15) is 4.99 Å². The number of carbonyl (C=O) groups is 2. The second-order valence-corrected chi connectivity index (χ2v) is 7.49. The molecular weight excluding hydrogens is 388 g/mol. The third kappa shape index (κ3) is 5.77. The number of ether oxygens (including phenoxy) is 2. The molecule has 0 N–H and O–H groups in total. The number of benzene rings is 2. The number of aryl methyl sites for hydroxylation is 2. The Balaban J connectivity index is 1.77. The van der Waals surface area contributed by atoms with Gasteiger partial charge in [0, 0.05) is 6.54 Å². The lowest BCUT2D eigenvalue weighted by Gasteiger charge is -2.06. The first-order valence-corrected chi connectivity index (χ1v) is 10.4. The fourth-order valence-electron chi connectivity index (χ4n) is 2.85. The molecule has 0 fully saturated rings. The Kier molecular flexibility index (Phi) is 7.19. The molecule has 29 heavy (non-hydrogen) atoms. The highest BCUT2D eigenvalue weighted by Gasteiger charge is 2.11. The number of carbonyl (C=O) groups excluding carboxylic acids is 2. The Bertz CT molecular complexity index is 1050. The summed E-state index contributed by atoms with van der Waals surface area (Å²) in [7, 11) is 0. The van der Waals surface area contributed by atoms with Crippen molar-refractivity contribution in [1.29, 1.82) is 0 Å². The van der Waals surface area contributed by atoms with Crippen molar-refractivity contribution >= 4 is 33.4 Å². The number of nitrogens with zero attached hydrogens (tertiary/aromatic N) is 2. The smallest absolute Gasteiger partial charge is 0.307 e. The molecule has 1 aromatic heterocycles. The van der Waals surface area contributed by atoms with Crippen molar-refractivity contribution < 1.29 is 19.1 Å². The standard InChI is InChI=1S/C22H24N2O4S/c1-3-27-21(26)11-13-24-18-10-9-16(2)15-19(18)29-22(24)23-20(25)12-14-28-17-7-5-4-6-8-17/h4-10,15H,3,11-14H2,1-2H3. The zero-order chi connectivity index (χ0) is 20.6. The maximum atomic E-state index is 12.4. The predicted molar refractivity (Wildman–Crippen MR) is 113 cm³/mol. The van der Waals surface area contributed by atoms with Crippen LogP contribution in [-0.4, -0.2) is 29.7 Å². The molecule has 0 unspecified atom stereocenters. The fraction of sp³-hybridized carbons (Fsp3) is 0.318. The van der Waals surface area contributed by atoms with Gasteiger partial charge in [-0.3, -0.25) is 9.59 Å². The summed E-state index contributed by atoms with van der Waals surface area (Å²) in [6.07, 6.45) is 0.409. The minimum atomic E-state index is -0.264. The van der Waals surface area contributed by atoms with Gasteiger partial charge in [-0.25, -0.2) is 0 Å². The molecule has 0 aliphatic rings. The summed E-state index contributed by atoms with van der Waals surface area (Å²) in [5.41, 5.74) is 2.09. The molecule has 0 atom stereocenters. The third-order valence-electron chi connectivity index (χ3n) is 4.23. The van der Waals surface area contributed by atoms with E-state index < -0.39 is 0 Å². The molecule has 0 saturated carbocycles. The number of para-hydroxylation sites is 1. The van der Waals surface area contributed by atoms with Crippen molar-refractivity contribution in [2.75, 3.05) is 13.2 Å². The van der Waals surface area contributed by atoms with Crippen molar-refractivity contribution in [2.45, 2.75) is 33.2 Å². The number of amides is 1. The first-order chi connectivity index (χ1) is 14.1. The van der Waals surface area contributed by atoms with Crippen LogP contribution in [0.15, 0.2) is 53.5 Å². The average Bonchev–Trinajstić information content (AvgIpc) is 3.03. The van der Waals surface area contributed by atoms with Crippen LogP contribution in [0.2, 0.25) is 0 Å². The molecule has 3 rings (SSSR count). The molecule has 0 saturated heterocycles. The van der Waals surface area contributed by atoms with E-state index in [9.17, 15) is 9.59 Å². The number of hydrogen-bond acceptors (Lipinski definition) is 5. The molecule has 1 amide bonds. The van der Waals surface area contributed by atoms with Crippen LogP contribution < -0.4 is 9.54 Å². The number of thiazole rings is 1. The molecule has 0 spiro atoms. The molecule has 152 valence electrons. The SMILES string of the molecule is CCOC(=O)CCn1c(=NC(=O)CCOc2ccccc2)sc2cc(C)ccc21. The van der Waals surface area contributed by atoms with Crippen LogP contribution in [0.1, 0.15) is 25.3 Å². The first kappa shape index (κ1) is 20.8. The average molecular weight is 413 g/mol. The molecule has 0 aliphatic heterocycles. The summed E-state index contributed by atoms with van der Waals surface area (Å²) in [6, 6.07) is 15.4. The van der Waals surface area contributed by atoms with Crippen LogP contribution in [0.4, 0.5) is 0 Å². The number of hydrogen-bond donors (Lipinski definition) is 0. The van der Waals surface area contributed by atoms with E-state index in [0.717, 1.165) is 21.5 Å². The van der Waals surface area contributed by atoms with Crippen molar-refractivity contribution in [2.24, 2.45) is 4.99 Å². The van der Waals surface area contributed by atoms with Crippen LogP contribution in [0.3, 0.4) is 0 Å². The molecule has 0 radical (unpaired) electrons. The van der Waals surface area contributed by atoms with Gasteiger partial charge in [-0.1, -0.05) is 35.6 Å². The Morgan fingerprint density at radius 2 is 1.90 bits per heavy atom. The normalized spacial score (nSPS) is 11.6. The Labute approximate surface area is 173 Å². The summed E-state index contributed by atoms with van der Waals surface area (Å²) < 4.78 is 13.5. The fourth-order valence-corrected chi connectivity index (χ4v) is 4.03. The molecule has 6 nitrogen and oxygen atoms in total. The van der Waals surface area contributed by atoms with Crippen molar-refractivity contribution in [1.82, 2.24) is 4.57 Å². The van der Waals surface area contributed by atoms with Gasteiger partial charge in [0.25, 0.3) is 5.91 Å². The van der Waals surface area contributed by atoms with Crippen molar-refractivity contribution in [3.8, 4) is 5.75 Å². The maximum absolute atomic E-state index is 12.4. The molecular formula is C22H24N2O4S. The van der Waals surface area contributed by atoms with Gasteiger partial charge in [0.1, 0.15) is 5.75 Å². The van der Waals surface area contributed by atoms with E-state index in [1.165, 1.54) is 11.3 Å². The highest BCUT2D eigenvalue weighted by atomic mass is 32.1. The highest BCUT2D eigenvalue weighted by Crippen LogP contribution is 2.19. The van der Waals surface area contributed by atoms with Crippen LogP contribution in [0, 0.1) is 6.92 Å². The summed E-state index contributed by atoms with van der Waals surface area (Å²) in [5, 5.41) is 0. The first-order valence-electron chi connectivity index (χ1n) is 9.58. The topological polar surface area (TPSA) is 69.9 Å². The Hall–Kier alpha value is -2.93. The monoisotopic (exact) mass is 412 g/mol. The van der Waals surface area contributed by atoms with Crippen LogP contribution >= 0.6 is 11.3 Å². The van der Waals surface area contributed by atoms with Crippen LogP contribution in [0.25, 0.3) is 10.2 Å². The van der Waals surface area contributed by atoms with Gasteiger partial charge in [0.15, 0.2) is 4.80 Å². The number of aromatic nitrogens is 1. The van der Waals surface area contributed by atoms with E-state index in [2.05, 4.69) is 11.1 Å². The maximum Gasteiger partial charge on any atom is 0.307 e. The third-order valence-corrected chi connectivity index (χ3v) is 5.27. The lowest BCUT2D eigenvalue weighted by Crippen LogP contribution is -2.20. The molecule has 2 aromatic carbocycles. The van der Waals surface area contributed by atoms with Crippen LogP contribution in [0.5, 0.6) is 5.75 Å². The number of rotatable bonds is 8. The van der Waals surface area contributed by atoms with Gasteiger partial charge in [0.05, 0.1) is 36.3 Å². The number of fused-ring (bicyclic) bond motifs is 1. The predicted octanol–water partition coefficient (Wildman–Crippen LogP) is 3.86. The zero-order valence-electron chi connectivity index (χ0n) is 16.6. The van der Waals surface area contributed by atoms with Crippen LogP contribution in [-0.2, 0) is 20.9 Å². The van der Waals surface area contributed by atoms with Gasteiger partial charge in [-0.05, 0) is 43.7 Å². The summed E-state index contributed by atoms with van der Waals surface area (Å²) in [4.78, 5) is 29.1. The lowest BCUT2D eigenvalue weighted by atomic mass is 10.2. The summed E-state index contributed by atoms with van der Waals surface area (Å²) >= 11 is 1.44. The van der Waals surface area contributed by atoms with Crippen molar-refractivity contribution in [3.63, 3.8) is 0 Å². The number of esters is 1.